The number of nitriles is 1. The lowest BCUT2D eigenvalue weighted by atomic mass is 9.74. The molecule has 5 nitrogen and oxygen atoms in total. The first kappa shape index (κ1) is 15.3. The number of hydrogen-bond acceptors (Lipinski definition) is 3. The Balaban J connectivity index is 1.85. The van der Waals surface area contributed by atoms with Gasteiger partial charge in [0.15, 0.2) is 0 Å². The molecule has 0 saturated heterocycles. The van der Waals surface area contributed by atoms with Crippen molar-refractivity contribution in [1.29, 1.82) is 5.26 Å². The Hall–Kier alpha value is -2.06. The van der Waals surface area contributed by atoms with Gasteiger partial charge in [-0.3, -0.25) is 0 Å². The van der Waals surface area contributed by atoms with Crippen LogP contribution in [0.3, 0.4) is 0 Å². The number of aliphatic hydroxyl groups excluding tert-OH is 1. The van der Waals surface area contributed by atoms with Crippen LogP contribution in [-0.4, -0.2) is 24.3 Å². The van der Waals surface area contributed by atoms with Crippen molar-refractivity contribution >= 4 is 11.7 Å². The summed E-state index contributed by atoms with van der Waals surface area (Å²) < 4.78 is 0. The van der Waals surface area contributed by atoms with Crippen LogP contribution in [0.15, 0.2) is 24.3 Å². The van der Waals surface area contributed by atoms with Crippen molar-refractivity contribution in [3.05, 3.63) is 29.8 Å². The Bertz CT molecular complexity index is 513. The van der Waals surface area contributed by atoms with Crippen LogP contribution in [0.2, 0.25) is 0 Å². The molecule has 0 bridgehead atoms. The SMILES string of the molecule is N#Cc1ccc(NC(=O)NCC2(CO)CCCCC2)cc1. The third-order valence-electron chi connectivity index (χ3n) is 4.15. The number of aliphatic hydroxyl groups is 1. The van der Waals surface area contributed by atoms with E-state index in [0.717, 1.165) is 25.7 Å². The summed E-state index contributed by atoms with van der Waals surface area (Å²) in [5.41, 5.74) is 1.04. The maximum atomic E-state index is 11.9. The molecule has 112 valence electrons. The van der Waals surface area contributed by atoms with Crippen LogP contribution in [0.4, 0.5) is 10.5 Å². The van der Waals surface area contributed by atoms with Crippen molar-refractivity contribution in [2.45, 2.75) is 32.1 Å². The molecule has 3 N–H and O–H groups in total. The number of nitrogens with one attached hydrogen (secondary N) is 2. The largest absolute Gasteiger partial charge is 0.396 e. The predicted octanol–water partition coefficient (Wildman–Crippen LogP) is 2.62. The van der Waals surface area contributed by atoms with Gasteiger partial charge >= 0.3 is 6.03 Å². The minimum absolute atomic E-state index is 0.115. The van der Waals surface area contributed by atoms with Crippen molar-refractivity contribution in [2.24, 2.45) is 5.41 Å². The molecule has 0 atom stereocenters. The molecule has 1 aliphatic carbocycles. The Kier molecular flexibility index (Phi) is 5.18. The van der Waals surface area contributed by atoms with E-state index in [2.05, 4.69) is 10.6 Å². The molecule has 0 radical (unpaired) electrons. The van der Waals surface area contributed by atoms with Gasteiger partial charge in [-0.25, -0.2) is 4.79 Å². The summed E-state index contributed by atoms with van der Waals surface area (Å²) in [5.74, 6) is 0. The maximum Gasteiger partial charge on any atom is 0.319 e. The summed E-state index contributed by atoms with van der Waals surface area (Å²) in [4.78, 5) is 11.9. The average molecular weight is 287 g/mol. The molecule has 2 rings (SSSR count). The van der Waals surface area contributed by atoms with E-state index in [1.54, 1.807) is 24.3 Å². The number of anilines is 1. The zero-order valence-electron chi connectivity index (χ0n) is 12.1. The molecule has 0 unspecified atom stereocenters. The topological polar surface area (TPSA) is 85.2 Å². The molecule has 1 aliphatic rings. The first-order valence-electron chi connectivity index (χ1n) is 7.33. The minimum Gasteiger partial charge on any atom is -0.396 e. The number of carbonyl (C=O) groups excluding carboxylic acids is 1. The molecule has 0 heterocycles. The first-order valence-corrected chi connectivity index (χ1v) is 7.33. The highest BCUT2D eigenvalue weighted by molar-refractivity contribution is 5.89. The standard InChI is InChI=1S/C16H21N3O2/c17-10-13-4-6-14(7-5-13)19-15(21)18-11-16(12-20)8-2-1-3-9-16/h4-7,20H,1-3,8-9,11-12H2,(H2,18,19,21). The average Bonchev–Trinajstić information content (AvgIpc) is 2.54. The number of hydrogen-bond donors (Lipinski definition) is 3. The number of nitrogens with zero attached hydrogens (tertiary/aromatic N) is 1. The molecule has 1 aromatic rings. The predicted molar refractivity (Wildman–Crippen MR) is 80.8 cm³/mol. The molecule has 0 aliphatic heterocycles. The highest BCUT2D eigenvalue weighted by Gasteiger charge is 2.31. The van der Waals surface area contributed by atoms with Crippen LogP contribution in [-0.2, 0) is 0 Å². The second kappa shape index (κ2) is 7.09. The lowest BCUT2D eigenvalue weighted by molar-refractivity contribution is 0.0840. The van der Waals surface area contributed by atoms with Crippen molar-refractivity contribution in [1.82, 2.24) is 5.32 Å². The van der Waals surface area contributed by atoms with Crippen LogP contribution in [0.5, 0.6) is 0 Å². The molecule has 5 heteroatoms. The number of carbonyl (C=O) groups is 1. The third kappa shape index (κ3) is 4.20. The number of benzene rings is 1. The Morgan fingerprint density at radius 1 is 1.24 bits per heavy atom. The fourth-order valence-electron chi connectivity index (χ4n) is 2.76. The molecule has 1 saturated carbocycles. The lowest BCUT2D eigenvalue weighted by Gasteiger charge is -2.35. The molecular formula is C16H21N3O2. The van der Waals surface area contributed by atoms with Gasteiger partial charge in [-0.1, -0.05) is 19.3 Å². The Morgan fingerprint density at radius 3 is 2.48 bits per heavy atom. The van der Waals surface area contributed by atoms with Crippen molar-refractivity contribution < 1.29 is 9.90 Å². The summed E-state index contributed by atoms with van der Waals surface area (Å²) >= 11 is 0. The van der Waals surface area contributed by atoms with Crippen molar-refractivity contribution in [2.75, 3.05) is 18.5 Å². The zero-order chi connectivity index (χ0) is 15.1. The molecule has 1 fully saturated rings. The normalized spacial score (nSPS) is 16.8. The van der Waals surface area contributed by atoms with E-state index >= 15 is 0 Å². The highest BCUT2D eigenvalue weighted by atomic mass is 16.3. The van der Waals surface area contributed by atoms with E-state index in [-0.39, 0.29) is 18.1 Å². The van der Waals surface area contributed by atoms with Gasteiger partial charge in [0.05, 0.1) is 18.2 Å². The van der Waals surface area contributed by atoms with Crippen LogP contribution in [0.1, 0.15) is 37.7 Å². The fraction of sp³-hybridized carbons (Fsp3) is 0.500. The summed E-state index contributed by atoms with van der Waals surface area (Å²) in [6.45, 7) is 0.607. The molecule has 2 amide bonds. The summed E-state index contributed by atoms with van der Waals surface area (Å²) in [7, 11) is 0. The van der Waals surface area contributed by atoms with Crippen molar-refractivity contribution in [3.63, 3.8) is 0 Å². The van der Waals surface area contributed by atoms with Gasteiger partial charge in [0.2, 0.25) is 0 Å². The Labute approximate surface area is 125 Å². The van der Waals surface area contributed by atoms with Gasteiger partial charge in [0, 0.05) is 17.6 Å². The van der Waals surface area contributed by atoms with E-state index in [1.807, 2.05) is 6.07 Å². The van der Waals surface area contributed by atoms with Crippen LogP contribution < -0.4 is 10.6 Å². The zero-order valence-corrected chi connectivity index (χ0v) is 12.1. The number of amides is 2. The fourth-order valence-corrected chi connectivity index (χ4v) is 2.76. The number of urea groups is 1. The van der Waals surface area contributed by atoms with E-state index in [1.165, 1.54) is 6.42 Å². The van der Waals surface area contributed by atoms with Gasteiger partial charge in [-0.2, -0.15) is 5.26 Å². The second-order valence-corrected chi connectivity index (χ2v) is 5.72. The monoisotopic (exact) mass is 287 g/mol. The number of rotatable bonds is 4. The van der Waals surface area contributed by atoms with Gasteiger partial charge in [0.25, 0.3) is 0 Å². The summed E-state index contributed by atoms with van der Waals surface area (Å²) in [6, 6.07) is 8.46. The molecule has 0 aromatic heterocycles. The second-order valence-electron chi connectivity index (χ2n) is 5.72. The molecule has 0 spiro atoms. The minimum atomic E-state index is -0.280. The van der Waals surface area contributed by atoms with Gasteiger partial charge in [0.1, 0.15) is 0 Å². The molecule has 1 aromatic carbocycles. The van der Waals surface area contributed by atoms with Crippen molar-refractivity contribution in [3.8, 4) is 6.07 Å². The maximum absolute atomic E-state index is 11.9. The van der Waals surface area contributed by atoms with Gasteiger partial charge in [-0.05, 0) is 37.1 Å². The smallest absolute Gasteiger partial charge is 0.319 e. The van der Waals surface area contributed by atoms with E-state index < -0.39 is 0 Å². The Morgan fingerprint density at radius 2 is 1.90 bits per heavy atom. The molecular weight excluding hydrogens is 266 g/mol. The first-order chi connectivity index (χ1) is 10.2. The quantitative estimate of drug-likeness (QED) is 0.795. The van der Waals surface area contributed by atoms with Gasteiger partial charge in [-0.15, -0.1) is 0 Å². The van der Waals surface area contributed by atoms with E-state index in [4.69, 9.17) is 5.26 Å². The van der Waals surface area contributed by atoms with Crippen LogP contribution >= 0.6 is 0 Å². The third-order valence-corrected chi connectivity index (χ3v) is 4.15. The van der Waals surface area contributed by atoms with E-state index in [0.29, 0.717) is 17.8 Å². The highest BCUT2D eigenvalue weighted by Crippen LogP contribution is 2.35. The van der Waals surface area contributed by atoms with Crippen LogP contribution in [0, 0.1) is 16.7 Å². The van der Waals surface area contributed by atoms with E-state index in [9.17, 15) is 9.90 Å². The molecule has 21 heavy (non-hydrogen) atoms. The summed E-state index contributed by atoms with van der Waals surface area (Å²) in [6.07, 6.45) is 5.35. The van der Waals surface area contributed by atoms with Gasteiger partial charge < -0.3 is 15.7 Å². The summed E-state index contributed by atoms with van der Waals surface area (Å²) in [5, 5.41) is 23.9. The lowest BCUT2D eigenvalue weighted by Crippen LogP contribution is -2.42. The van der Waals surface area contributed by atoms with Crippen LogP contribution in [0.25, 0.3) is 0 Å².